The standard InChI is InChI=1S/C18H21N5O2/c1-12-9-19-18(20-12)16-11-25-8-7-22(16)17(24)10-23-13(2)21-14-5-3-4-6-15(14)23/h3-6,9,16H,7-8,10-11H2,1-2H3,(H,19,20)/t16-/m1/s1. The maximum Gasteiger partial charge on any atom is 0.243 e. The molecule has 1 aromatic carbocycles. The lowest BCUT2D eigenvalue weighted by atomic mass is 10.2. The molecule has 2 aromatic heterocycles. The maximum atomic E-state index is 13.0. The third-order valence-electron chi connectivity index (χ3n) is 4.63. The maximum absolute atomic E-state index is 13.0. The minimum atomic E-state index is -0.176. The van der Waals surface area contributed by atoms with Crippen LogP contribution in [0, 0.1) is 13.8 Å². The predicted octanol–water partition coefficient (Wildman–Crippen LogP) is 1.98. The number of morpholine rings is 1. The Kier molecular flexibility index (Phi) is 4.01. The number of amides is 1. The number of hydrogen-bond acceptors (Lipinski definition) is 4. The number of nitrogens with one attached hydrogen (secondary N) is 1. The largest absolute Gasteiger partial charge is 0.377 e. The molecule has 3 aromatic rings. The summed E-state index contributed by atoms with van der Waals surface area (Å²) in [6.45, 7) is 5.72. The van der Waals surface area contributed by atoms with Gasteiger partial charge in [0.2, 0.25) is 5.91 Å². The van der Waals surface area contributed by atoms with Gasteiger partial charge in [-0.05, 0) is 26.0 Å². The predicted molar refractivity (Wildman–Crippen MR) is 93.1 cm³/mol. The Balaban J connectivity index is 1.61. The Hall–Kier alpha value is -2.67. The Morgan fingerprint density at radius 1 is 1.36 bits per heavy atom. The summed E-state index contributed by atoms with van der Waals surface area (Å²) in [5.74, 6) is 1.67. The molecular formula is C18H21N5O2. The van der Waals surface area contributed by atoms with Crippen LogP contribution >= 0.6 is 0 Å². The van der Waals surface area contributed by atoms with Crippen LogP contribution in [-0.4, -0.2) is 50.1 Å². The number of hydrogen-bond donors (Lipinski definition) is 1. The fourth-order valence-corrected chi connectivity index (χ4v) is 3.35. The first-order chi connectivity index (χ1) is 12.1. The summed E-state index contributed by atoms with van der Waals surface area (Å²) in [5, 5.41) is 0. The molecule has 4 rings (SSSR count). The van der Waals surface area contributed by atoms with Crippen LogP contribution in [0.5, 0.6) is 0 Å². The van der Waals surface area contributed by atoms with E-state index in [-0.39, 0.29) is 18.5 Å². The quantitative estimate of drug-likeness (QED) is 0.792. The van der Waals surface area contributed by atoms with Crippen LogP contribution in [0.1, 0.15) is 23.4 Å². The summed E-state index contributed by atoms with van der Waals surface area (Å²) >= 11 is 0. The van der Waals surface area contributed by atoms with Crippen molar-refractivity contribution in [1.82, 2.24) is 24.4 Å². The summed E-state index contributed by atoms with van der Waals surface area (Å²) in [6, 6.07) is 7.71. The zero-order chi connectivity index (χ0) is 17.4. The van der Waals surface area contributed by atoms with Crippen LogP contribution in [-0.2, 0) is 16.1 Å². The highest BCUT2D eigenvalue weighted by Crippen LogP contribution is 2.23. The first kappa shape index (κ1) is 15.8. The molecule has 1 amide bonds. The van der Waals surface area contributed by atoms with E-state index in [4.69, 9.17) is 4.74 Å². The lowest BCUT2D eigenvalue weighted by Gasteiger charge is -2.34. The zero-order valence-electron chi connectivity index (χ0n) is 14.4. The summed E-state index contributed by atoms with van der Waals surface area (Å²) < 4.78 is 7.55. The van der Waals surface area contributed by atoms with Gasteiger partial charge in [-0.3, -0.25) is 4.79 Å². The molecule has 0 bridgehead atoms. The number of carbonyl (C=O) groups excluding carboxylic acids is 1. The average molecular weight is 339 g/mol. The van der Waals surface area contributed by atoms with E-state index < -0.39 is 0 Å². The van der Waals surface area contributed by atoms with Gasteiger partial charge in [0, 0.05) is 18.4 Å². The second-order valence-electron chi connectivity index (χ2n) is 6.36. The summed E-state index contributed by atoms with van der Waals surface area (Å²) in [7, 11) is 0. The number of aromatic amines is 1. The van der Waals surface area contributed by atoms with E-state index >= 15 is 0 Å². The lowest BCUT2D eigenvalue weighted by molar-refractivity contribution is -0.141. The number of imidazole rings is 2. The van der Waals surface area contributed by atoms with E-state index in [1.165, 1.54) is 0 Å². The van der Waals surface area contributed by atoms with Crippen molar-refractivity contribution in [3.8, 4) is 0 Å². The van der Waals surface area contributed by atoms with Crippen LogP contribution in [0.4, 0.5) is 0 Å². The zero-order valence-corrected chi connectivity index (χ0v) is 14.4. The molecule has 3 heterocycles. The number of fused-ring (bicyclic) bond motifs is 1. The molecule has 1 saturated heterocycles. The first-order valence-electron chi connectivity index (χ1n) is 8.44. The van der Waals surface area contributed by atoms with Crippen LogP contribution in [0.3, 0.4) is 0 Å². The van der Waals surface area contributed by atoms with Gasteiger partial charge in [0.25, 0.3) is 0 Å². The summed E-state index contributed by atoms with van der Waals surface area (Å²) in [6.07, 6.45) is 1.78. The molecule has 1 atom stereocenters. The number of para-hydroxylation sites is 2. The van der Waals surface area contributed by atoms with Crippen molar-refractivity contribution in [1.29, 1.82) is 0 Å². The molecule has 1 N–H and O–H groups in total. The topological polar surface area (TPSA) is 76.0 Å². The number of aromatic nitrogens is 4. The van der Waals surface area contributed by atoms with Gasteiger partial charge in [0.05, 0.1) is 24.2 Å². The molecule has 1 aliphatic heterocycles. The van der Waals surface area contributed by atoms with Crippen LogP contribution in [0.15, 0.2) is 30.5 Å². The number of ether oxygens (including phenoxy) is 1. The van der Waals surface area contributed by atoms with E-state index in [9.17, 15) is 4.79 Å². The van der Waals surface area contributed by atoms with Gasteiger partial charge in [0.1, 0.15) is 24.2 Å². The van der Waals surface area contributed by atoms with E-state index in [0.717, 1.165) is 28.4 Å². The number of nitrogens with zero attached hydrogens (tertiary/aromatic N) is 4. The molecule has 130 valence electrons. The number of benzene rings is 1. The highest BCUT2D eigenvalue weighted by atomic mass is 16.5. The minimum absolute atomic E-state index is 0.0496. The molecule has 1 fully saturated rings. The average Bonchev–Trinajstić information content (AvgIpc) is 3.19. The molecular weight excluding hydrogens is 318 g/mol. The van der Waals surface area contributed by atoms with Gasteiger partial charge in [-0.25, -0.2) is 9.97 Å². The number of carbonyl (C=O) groups is 1. The molecule has 0 aliphatic carbocycles. The second kappa shape index (κ2) is 6.33. The van der Waals surface area contributed by atoms with E-state index in [0.29, 0.717) is 19.8 Å². The highest BCUT2D eigenvalue weighted by Gasteiger charge is 2.31. The molecule has 7 nitrogen and oxygen atoms in total. The fraction of sp³-hybridized carbons (Fsp3) is 0.389. The van der Waals surface area contributed by atoms with Crippen molar-refractivity contribution in [3.05, 3.63) is 47.8 Å². The van der Waals surface area contributed by atoms with Crippen LogP contribution in [0.25, 0.3) is 11.0 Å². The van der Waals surface area contributed by atoms with Gasteiger partial charge in [0.15, 0.2) is 0 Å². The van der Waals surface area contributed by atoms with Crippen LogP contribution in [0.2, 0.25) is 0 Å². The van der Waals surface area contributed by atoms with E-state index in [2.05, 4.69) is 15.0 Å². The summed E-state index contributed by atoms with van der Waals surface area (Å²) in [5.41, 5.74) is 2.87. The van der Waals surface area contributed by atoms with Crippen molar-refractivity contribution in [2.45, 2.75) is 26.4 Å². The molecule has 0 radical (unpaired) electrons. The minimum Gasteiger partial charge on any atom is -0.377 e. The Bertz CT molecular complexity index is 913. The van der Waals surface area contributed by atoms with Crippen molar-refractivity contribution in [3.63, 3.8) is 0 Å². The third kappa shape index (κ3) is 2.91. The van der Waals surface area contributed by atoms with E-state index in [1.54, 1.807) is 6.20 Å². The number of H-pyrrole nitrogens is 1. The van der Waals surface area contributed by atoms with Gasteiger partial charge < -0.3 is 19.2 Å². The molecule has 1 aliphatic rings. The molecule has 0 spiro atoms. The monoisotopic (exact) mass is 339 g/mol. The molecule has 0 saturated carbocycles. The smallest absolute Gasteiger partial charge is 0.243 e. The first-order valence-corrected chi connectivity index (χ1v) is 8.44. The number of aryl methyl sites for hydroxylation is 2. The fourth-order valence-electron chi connectivity index (χ4n) is 3.35. The van der Waals surface area contributed by atoms with Crippen molar-refractivity contribution in [2.75, 3.05) is 19.8 Å². The van der Waals surface area contributed by atoms with Gasteiger partial charge >= 0.3 is 0 Å². The summed E-state index contributed by atoms with van der Waals surface area (Å²) in [4.78, 5) is 27.0. The van der Waals surface area contributed by atoms with Crippen molar-refractivity contribution < 1.29 is 9.53 Å². The van der Waals surface area contributed by atoms with E-state index in [1.807, 2.05) is 47.6 Å². The van der Waals surface area contributed by atoms with Crippen molar-refractivity contribution >= 4 is 16.9 Å². The van der Waals surface area contributed by atoms with Gasteiger partial charge in [-0.1, -0.05) is 12.1 Å². The second-order valence-corrected chi connectivity index (χ2v) is 6.36. The van der Waals surface area contributed by atoms with Crippen LogP contribution < -0.4 is 0 Å². The molecule has 7 heteroatoms. The SMILES string of the molecule is Cc1cnc([C@H]2COCCN2C(=O)Cn2c(C)nc3ccccc32)[nH]1. The normalized spacial score (nSPS) is 18.0. The highest BCUT2D eigenvalue weighted by molar-refractivity contribution is 5.81. The molecule has 0 unspecified atom stereocenters. The third-order valence-corrected chi connectivity index (χ3v) is 4.63. The Morgan fingerprint density at radius 2 is 2.20 bits per heavy atom. The Morgan fingerprint density at radius 3 is 3.00 bits per heavy atom. The Labute approximate surface area is 145 Å². The van der Waals surface area contributed by atoms with Gasteiger partial charge in [-0.15, -0.1) is 0 Å². The van der Waals surface area contributed by atoms with Gasteiger partial charge in [-0.2, -0.15) is 0 Å². The molecule has 25 heavy (non-hydrogen) atoms. The lowest BCUT2D eigenvalue weighted by Crippen LogP contribution is -2.45. The number of rotatable bonds is 3. The van der Waals surface area contributed by atoms with Crippen molar-refractivity contribution in [2.24, 2.45) is 0 Å².